The van der Waals surface area contributed by atoms with Gasteiger partial charge in [0.15, 0.2) is 0 Å². The number of nitrogens with two attached hydrogens (primary N) is 1. The highest BCUT2D eigenvalue weighted by Gasteiger charge is 2.09. The van der Waals surface area contributed by atoms with Gasteiger partial charge in [-0.1, -0.05) is 12.1 Å². The molecule has 0 fully saturated rings. The van der Waals surface area contributed by atoms with Crippen molar-refractivity contribution in [1.82, 2.24) is 0 Å². The Hall–Kier alpha value is -2.14. The zero-order chi connectivity index (χ0) is 11.5. The van der Waals surface area contributed by atoms with Gasteiger partial charge in [0.1, 0.15) is 11.5 Å². The Bertz CT molecular complexity index is 519. The molecule has 0 atom stereocenters. The van der Waals surface area contributed by atoms with Gasteiger partial charge in [-0.15, -0.1) is 0 Å². The van der Waals surface area contributed by atoms with Gasteiger partial charge in [-0.2, -0.15) is 0 Å². The predicted molar refractivity (Wildman–Crippen MR) is 58.7 cm³/mol. The molecule has 0 aliphatic rings. The monoisotopic (exact) mass is 218 g/mol. The molecule has 0 radical (unpaired) electrons. The molecule has 0 unspecified atom stereocenters. The van der Waals surface area contributed by atoms with Gasteiger partial charge < -0.3 is 10.2 Å². The number of hydrogen-bond donors (Lipinski definition) is 1. The molecule has 1 heterocycles. The van der Waals surface area contributed by atoms with Crippen LogP contribution in [0, 0.1) is 10.1 Å². The average molecular weight is 218 g/mol. The second-order valence-corrected chi connectivity index (χ2v) is 3.28. The molecule has 1 aromatic carbocycles. The molecule has 16 heavy (non-hydrogen) atoms. The molecule has 1 aromatic heterocycles. The molecule has 0 saturated heterocycles. The van der Waals surface area contributed by atoms with Crippen molar-refractivity contribution in [1.29, 1.82) is 0 Å². The quantitative estimate of drug-likeness (QED) is 0.633. The van der Waals surface area contributed by atoms with E-state index in [4.69, 9.17) is 10.2 Å². The molecule has 2 aromatic rings. The Morgan fingerprint density at radius 2 is 2.12 bits per heavy atom. The molecule has 5 heteroatoms. The van der Waals surface area contributed by atoms with Crippen molar-refractivity contribution >= 4 is 5.69 Å². The minimum Gasteiger partial charge on any atom is -0.460 e. The zero-order valence-electron chi connectivity index (χ0n) is 8.42. The smallest absolute Gasteiger partial charge is 0.270 e. The van der Waals surface area contributed by atoms with Crippen LogP contribution in [0.15, 0.2) is 40.8 Å². The van der Waals surface area contributed by atoms with E-state index < -0.39 is 4.92 Å². The third-order valence-electron chi connectivity index (χ3n) is 2.20. The number of benzene rings is 1. The minimum atomic E-state index is -0.434. The van der Waals surface area contributed by atoms with E-state index in [9.17, 15) is 10.1 Å². The Labute approximate surface area is 91.6 Å². The van der Waals surface area contributed by atoms with Crippen LogP contribution >= 0.6 is 0 Å². The van der Waals surface area contributed by atoms with E-state index in [0.717, 1.165) is 0 Å². The number of furan rings is 1. The standard InChI is InChI=1S/C11H10N2O3/c12-7-10-4-5-11(16-10)8-2-1-3-9(6-8)13(14)15/h1-6H,7,12H2. The molecule has 0 aliphatic heterocycles. The van der Waals surface area contributed by atoms with Crippen molar-refractivity contribution in [2.75, 3.05) is 0 Å². The minimum absolute atomic E-state index is 0.0446. The van der Waals surface area contributed by atoms with Crippen molar-refractivity contribution in [2.45, 2.75) is 6.54 Å². The molecular weight excluding hydrogens is 208 g/mol. The fraction of sp³-hybridized carbons (Fsp3) is 0.0909. The first-order valence-corrected chi connectivity index (χ1v) is 4.74. The van der Waals surface area contributed by atoms with E-state index >= 15 is 0 Å². The van der Waals surface area contributed by atoms with E-state index in [2.05, 4.69) is 0 Å². The summed E-state index contributed by atoms with van der Waals surface area (Å²) in [6.45, 7) is 0.314. The zero-order valence-corrected chi connectivity index (χ0v) is 8.42. The molecule has 0 spiro atoms. The van der Waals surface area contributed by atoms with Crippen molar-refractivity contribution in [3.63, 3.8) is 0 Å². The van der Waals surface area contributed by atoms with Gasteiger partial charge in [0.25, 0.3) is 5.69 Å². The van der Waals surface area contributed by atoms with Crippen molar-refractivity contribution in [3.05, 3.63) is 52.3 Å². The molecule has 2 rings (SSSR count). The summed E-state index contributed by atoms with van der Waals surface area (Å²) >= 11 is 0. The molecular formula is C11H10N2O3. The number of nitro groups is 1. The molecule has 0 bridgehead atoms. The Morgan fingerprint density at radius 1 is 1.31 bits per heavy atom. The highest BCUT2D eigenvalue weighted by atomic mass is 16.6. The average Bonchev–Trinajstić information content (AvgIpc) is 2.77. The Morgan fingerprint density at radius 3 is 2.75 bits per heavy atom. The van der Waals surface area contributed by atoms with E-state index in [1.807, 2.05) is 0 Å². The van der Waals surface area contributed by atoms with Crippen LogP contribution in [0.3, 0.4) is 0 Å². The van der Waals surface area contributed by atoms with Crippen LogP contribution in [0.5, 0.6) is 0 Å². The van der Waals surface area contributed by atoms with Gasteiger partial charge in [-0.05, 0) is 12.1 Å². The van der Waals surface area contributed by atoms with Crippen LogP contribution in [0.2, 0.25) is 0 Å². The summed E-state index contributed by atoms with van der Waals surface area (Å²) < 4.78 is 5.41. The summed E-state index contributed by atoms with van der Waals surface area (Å²) in [7, 11) is 0. The molecule has 0 aliphatic carbocycles. The van der Waals surface area contributed by atoms with E-state index in [0.29, 0.717) is 23.6 Å². The maximum Gasteiger partial charge on any atom is 0.270 e. The van der Waals surface area contributed by atoms with Crippen LogP contribution in [0.4, 0.5) is 5.69 Å². The largest absolute Gasteiger partial charge is 0.460 e. The van der Waals surface area contributed by atoms with Crippen LogP contribution in [0.25, 0.3) is 11.3 Å². The second-order valence-electron chi connectivity index (χ2n) is 3.28. The maximum atomic E-state index is 10.6. The van der Waals surface area contributed by atoms with Crippen LogP contribution < -0.4 is 5.73 Å². The third-order valence-corrected chi connectivity index (χ3v) is 2.20. The lowest BCUT2D eigenvalue weighted by molar-refractivity contribution is -0.384. The summed E-state index contributed by atoms with van der Waals surface area (Å²) in [5, 5.41) is 10.6. The lowest BCUT2D eigenvalue weighted by atomic mass is 10.1. The van der Waals surface area contributed by atoms with E-state index in [-0.39, 0.29) is 5.69 Å². The number of nitro benzene ring substituents is 1. The summed E-state index contributed by atoms with van der Waals surface area (Å²) in [5.41, 5.74) is 6.14. The first kappa shape index (κ1) is 10.4. The Balaban J connectivity index is 2.40. The van der Waals surface area contributed by atoms with Gasteiger partial charge in [0, 0.05) is 17.7 Å². The highest BCUT2D eigenvalue weighted by molar-refractivity contribution is 5.61. The summed E-state index contributed by atoms with van der Waals surface area (Å²) in [4.78, 5) is 10.2. The van der Waals surface area contributed by atoms with Gasteiger partial charge in [0.05, 0.1) is 11.5 Å². The number of hydrogen-bond acceptors (Lipinski definition) is 4. The molecule has 0 saturated carbocycles. The van der Waals surface area contributed by atoms with E-state index in [1.165, 1.54) is 12.1 Å². The lowest BCUT2D eigenvalue weighted by Gasteiger charge is -1.97. The first-order chi connectivity index (χ1) is 7.70. The normalized spacial score (nSPS) is 10.3. The molecule has 5 nitrogen and oxygen atoms in total. The SMILES string of the molecule is NCc1ccc(-c2cccc([N+](=O)[O-])c2)o1. The summed E-state index contributed by atoms with van der Waals surface area (Å²) in [6.07, 6.45) is 0. The Kier molecular flexibility index (Phi) is 2.70. The topological polar surface area (TPSA) is 82.3 Å². The van der Waals surface area contributed by atoms with Crippen molar-refractivity contribution in [2.24, 2.45) is 5.73 Å². The lowest BCUT2D eigenvalue weighted by Crippen LogP contribution is -1.92. The molecule has 2 N–H and O–H groups in total. The van der Waals surface area contributed by atoms with Gasteiger partial charge >= 0.3 is 0 Å². The number of nitrogens with zero attached hydrogens (tertiary/aromatic N) is 1. The fourth-order valence-corrected chi connectivity index (χ4v) is 1.42. The number of non-ortho nitro benzene ring substituents is 1. The first-order valence-electron chi connectivity index (χ1n) is 4.74. The summed E-state index contributed by atoms with van der Waals surface area (Å²) in [5.74, 6) is 1.24. The van der Waals surface area contributed by atoms with Gasteiger partial charge in [-0.3, -0.25) is 10.1 Å². The molecule has 82 valence electrons. The van der Waals surface area contributed by atoms with Crippen molar-refractivity contribution < 1.29 is 9.34 Å². The highest BCUT2D eigenvalue weighted by Crippen LogP contribution is 2.25. The van der Waals surface area contributed by atoms with Gasteiger partial charge in [-0.25, -0.2) is 0 Å². The fourth-order valence-electron chi connectivity index (χ4n) is 1.42. The van der Waals surface area contributed by atoms with Crippen LogP contribution in [-0.4, -0.2) is 4.92 Å². The predicted octanol–water partition coefficient (Wildman–Crippen LogP) is 2.31. The van der Waals surface area contributed by atoms with Gasteiger partial charge in [0.2, 0.25) is 0 Å². The summed E-state index contributed by atoms with van der Waals surface area (Å²) in [6, 6.07) is 9.80. The second kappa shape index (κ2) is 4.16. The van der Waals surface area contributed by atoms with Crippen molar-refractivity contribution in [3.8, 4) is 11.3 Å². The number of rotatable bonds is 3. The van der Waals surface area contributed by atoms with E-state index in [1.54, 1.807) is 24.3 Å². The maximum absolute atomic E-state index is 10.6. The third kappa shape index (κ3) is 1.94. The molecule has 0 amide bonds. The van der Waals surface area contributed by atoms with Crippen LogP contribution in [-0.2, 0) is 6.54 Å². The van der Waals surface area contributed by atoms with Crippen LogP contribution in [0.1, 0.15) is 5.76 Å².